The van der Waals surface area contributed by atoms with Crippen molar-refractivity contribution < 1.29 is 4.74 Å². The Balaban J connectivity index is 1.16. The maximum absolute atomic E-state index is 5.39. The lowest BCUT2D eigenvalue weighted by Crippen LogP contribution is -2.05. The van der Waals surface area contributed by atoms with Crippen molar-refractivity contribution in [3.05, 3.63) is 168 Å². The maximum Gasteiger partial charge on any atom is 0.118 e. The lowest BCUT2D eigenvalue weighted by Gasteiger charge is -2.19. The third kappa shape index (κ3) is 4.79. The molecule has 0 radical (unpaired) electrons. The third-order valence-corrected chi connectivity index (χ3v) is 8.15. The second-order valence-electron chi connectivity index (χ2n) is 10.6. The molecule has 1 heterocycles. The Hall–Kier alpha value is -5.08. The van der Waals surface area contributed by atoms with Crippen LogP contribution in [0.5, 0.6) is 5.75 Å². The van der Waals surface area contributed by atoms with E-state index in [1.807, 2.05) is 0 Å². The van der Waals surface area contributed by atoms with E-state index in [4.69, 9.17) is 4.74 Å². The quantitative estimate of drug-likeness (QED) is 0.200. The number of aromatic nitrogens is 1. The van der Waals surface area contributed by atoms with E-state index in [1.165, 1.54) is 55.3 Å². The molecular weight excluding hydrogens is 498 g/mol. The summed E-state index contributed by atoms with van der Waals surface area (Å²) in [5.41, 5.74) is 10.0. The highest BCUT2D eigenvalue weighted by atomic mass is 16.5. The van der Waals surface area contributed by atoms with Crippen LogP contribution in [0.1, 0.15) is 22.6 Å². The molecule has 0 aliphatic heterocycles. The molecule has 0 saturated heterocycles. The molecule has 0 bridgehead atoms. The fourth-order valence-electron chi connectivity index (χ4n) is 6.02. The molecule has 7 aromatic rings. The summed E-state index contributed by atoms with van der Waals surface area (Å²) in [6.07, 6.45) is 0.934. The number of nitrogens with zero attached hydrogens (tertiary/aromatic N) is 1. The highest BCUT2D eigenvalue weighted by Crippen LogP contribution is 2.33. The highest BCUT2D eigenvalue weighted by Gasteiger charge is 2.16. The summed E-state index contributed by atoms with van der Waals surface area (Å²) in [5.74, 6) is 1.16. The van der Waals surface area contributed by atoms with Crippen molar-refractivity contribution in [1.82, 2.24) is 4.57 Å². The summed E-state index contributed by atoms with van der Waals surface area (Å²) < 4.78 is 7.75. The van der Waals surface area contributed by atoms with Crippen LogP contribution in [0.25, 0.3) is 38.6 Å². The molecule has 1 atom stereocenters. The van der Waals surface area contributed by atoms with Gasteiger partial charge in [-0.1, -0.05) is 115 Å². The fourth-order valence-corrected chi connectivity index (χ4v) is 6.02. The molecule has 7 rings (SSSR count). The van der Waals surface area contributed by atoms with Crippen molar-refractivity contribution in [2.45, 2.75) is 12.3 Å². The number of methoxy groups -OCH3 is 1. The van der Waals surface area contributed by atoms with Crippen molar-refractivity contribution in [3.63, 3.8) is 0 Å². The summed E-state index contributed by atoms with van der Waals surface area (Å²) >= 11 is 0. The van der Waals surface area contributed by atoms with Gasteiger partial charge in [-0.2, -0.15) is 0 Å². The van der Waals surface area contributed by atoms with Crippen LogP contribution < -0.4 is 4.74 Å². The molecule has 0 saturated carbocycles. The molecule has 1 aromatic heterocycles. The first-order valence-corrected chi connectivity index (χ1v) is 14.2. The molecule has 0 aliphatic rings. The molecule has 0 amide bonds. The second kappa shape index (κ2) is 10.8. The highest BCUT2D eigenvalue weighted by molar-refractivity contribution is 6.09. The standard InChI is InChI=1S/C39H31NO/c1-41-34-25-21-32(22-26-34)37(31-9-3-2-4-10-31)27-28-15-17-29(18-16-28)30-19-23-33(24-20-30)40-38-13-7-5-11-35(38)36-12-6-8-14-39(36)40/h2-26,37H,27H2,1H3. The number of hydrogen-bond donors (Lipinski definition) is 0. The van der Waals surface area contributed by atoms with E-state index in [0.29, 0.717) is 0 Å². The normalized spacial score (nSPS) is 12.0. The van der Waals surface area contributed by atoms with Crippen LogP contribution in [0.15, 0.2) is 152 Å². The van der Waals surface area contributed by atoms with Gasteiger partial charge in [0.1, 0.15) is 5.75 Å². The molecule has 0 N–H and O–H groups in total. The van der Waals surface area contributed by atoms with Crippen LogP contribution in [0.3, 0.4) is 0 Å². The number of ether oxygens (including phenoxy) is 1. The number of fused-ring (bicyclic) bond motifs is 3. The average molecular weight is 530 g/mol. The Morgan fingerprint density at radius 3 is 1.61 bits per heavy atom. The summed E-state index contributed by atoms with van der Waals surface area (Å²) in [4.78, 5) is 0. The number of benzene rings is 6. The van der Waals surface area contributed by atoms with E-state index in [1.54, 1.807) is 7.11 Å². The predicted octanol–water partition coefficient (Wildman–Crippen LogP) is 9.83. The Morgan fingerprint density at radius 2 is 1.02 bits per heavy atom. The van der Waals surface area contributed by atoms with E-state index in [2.05, 4.69) is 156 Å². The Bertz CT molecular complexity index is 1860. The number of rotatable bonds is 7. The topological polar surface area (TPSA) is 14.2 Å². The summed E-state index contributed by atoms with van der Waals surface area (Å²) in [6, 6.07) is 54.5. The smallest absolute Gasteiger partial charge is 0.118 e. The zero-order valence-electron chi connectivity index (χ0n) is 23.1. The van der Waals surface area contributed by atoms with Gasteiger partial charge in [-0.05, 0) is 70.6 Å². The van der Waals surface area contributed by atoms with Gasteiger partial charge in [0, 0.05) is 22.4 Å². The van der Waals surface area contributed by atoms with Crippen LogP contribution in [-0.4, -0.2) is 11.7 Å². The fraction of sp³-hybridized carbons (Fsp3) is 0.0769. The van der Waals surface area contributed by atoms with Gasteiger partial charge in [-0.25, -0.2) is 0 Å². The van der Waals surface area contributed by atoms with Crippen LogP contribution in [0, 0.1) is 0 Å². The zero-order valence-corrected chi connectivity index (χ0v) is 23.1. The SMILES string of the molecule is COc1ccc(C(Cc2ccc(-c3ccc(-n4c5ccccc5c5ccccc54)cc3)cc2)c2ccccc2)cc1. The van der Waals surface area contributed by atoms with E-state index in [0.717, 1.165) is 12.2 Å². The van der Waals surface area contributed by atoms with Gasteiger partial charge in [0.2, 0.25) is 0 Å². The van der Waals surface area contributed by atoms with Crippen LogP contribution in [0.4, 0.5) is 0 Å². The molecule has 0 spiro atoms. The van der Waals surface area contributed by atoms with E-state index in [9.17, 15) is 0 Å². The van der Waals surface area contributed by atoms with Gasteiger partial charge >= 0.3 is 0 Å². The first-order valence-electron chi connectivity index (χ1n) is 14.2. The van der Waals surface area contributed by atoms with Crippen molar-refractivity contribution >= 4 is 21.8 Å². The van der Waals surface area contributed by atoms with Gasteiger partial charge < -0.3 is 9.30 Å². The molecule has 0 aliphatic carbocycles. The molecule has 1 unspecified atom stereocenters. The molecule has 0 fully saturated rings. The molecule has 2 heteroatoms. The van der Waals surface area contributed by atoms with Gasteiger partial charge in [0.25, 0.3) is 0 Å². The van der Waals surface area contributed by atoms with E-state index in [-0.39, 0.29) is 5.92 Å². The number of hydrogen-bond acceptors (Lipinski definition) is 1. The van der Waals surface area contributed by atoms with E-state index < -0.39 is 0 Å². The summed E-state index contributed by atoms with van der Waals surface area (Å²) in [5, 5.41) is 2.57. The minimum Gasteiger partial charge on any atom is -0.497 e. The van der Waals surface area contributed by atoms with Crippen molar-refractivity contribution in [2.75, 3.05) is 7.11 Å². The molecule has 198 valence electrons. The van der Waals surface area contributed by atoms with E-state index >= 15 is 0 Å². The maximum atomic E-state index is 5.39. The first kappa shape index (κ1) is 24.9. The number of para-hydroxylation sites is 2. The Kier molecular flexibility index (Phi) is 6.58. The van der Waals surface area contributed by atoms with Crippen molar-refractivity contribution in [2.24, 2.45) is 0 Å². The van der Waals surface area contributed by atoms with Gasteiger partial charge in [-0.15, -0.1) is 0 Å². The van der Waals surface area contributed by atoms with Crippen LogP contribution >= 0.6 is 0 Å². The summed E-state index contributed by atoms with van der Waals surface area (Å²) in [7, 11) is 1.71. The Labute approximate surface area is 241 Å². The lowest BCUT2D eigenvalue weighted by atomic mass is 9.85. The summed E-state index contributed by atoms with van der Waals surface area (Å²) in [6.45, 7) is 0. The average Bonchev–Trinajstić information content (AvgIpc) is 3.39. The third-order valence-electron chi connectivity index (χ3n) is 8.15. The predicted molar refractivity (Wildman–Crippen MR) is 171 cm³/mol. The lowest BCUT2D eigenvalue weighted by molar-refractivity contribution is 0.414. The van der Waals surface area contributed by atoms with Crippen LogP contribution in [-0.2, 0) is 6.42 Å². The second-order valence-corrected chi connectivity index (χ2v) is 10.6. The first-order chi connectivity index (χ1) is 20.3. The molecule has 6 aromatic carbocycles. The van der Waals surface area contributed by atoms with Gasteiger partial charge in [-0.3, -0.25) is 0 Å². The monoisotopic (exact) mass is 529 g/mol. The van der Waals surface area contributed by atoms with Gasteiger partial charge in [0.15, 0.2) is 0 Å². The minimum absolute atomic E-state index is 0.276. The van der Waals surface area contributed by atoms with Crippen molar-refractivity contribution in [1.29, 1.82) is 0 Å². The van der Waals surface area contributed by atoms with Gasteiger partial charge in [0.05, 0.1) is 18.1 Å². The molecule has 2 nitrogen and oxygen atoms in total. The Morgan fingerprint density at radius 1 is 0.512 bits per heavy atom. The molecular formula is C39H31NO. The minimum atomic E-state index is 0.276. The van der Waals surface area contributed by atoms with Crippen LogP contribution in [0.2, 0.25) is 0 Å². The molecule has 41 heavy (non-hydrogen) atoms. The van der Waals surface area contributed by atoms with Crippen molar-refractivity contribution in [3.8, 4) is 22.6 Å². The zero-order chi connectivity index (χ0) is 27.6. The largest absolute Gasteiger partial charge is 0.497 e.